The molecule has 0 aliphatic carbocycles. The molecule has 1 aromatic rings. The summed E-state index contributed by atoms with van der Waals surface area (Å²) in [5.41, 5.74) is 5.71. The Kier molecular flexibility index (Phi) is 4.99. The average Bonchev–Trinajstić information content (AvgIpc) is 2.80. The van der Waals surface area contributed by atoms with Crippen molar-refractivity contribution in [2.75, 3.05) is 0 Å². The van der Waals surface area contributed by atoms with Crippen LogP contribution in [0.1, 0.15) is 12.5 Å². The number of carbonyl (C=O) groups excluding carboxylic acids is 2. The molecule has 0 saturated carbocycles. The quantitative estimate of drug-likeness (QED) is 0.640. The van der Waals surface area contributed by atoms with Gasteiger partial charge in [0.2, 0.25) is 5.91 Å². The molecule has 0 aromatic heterocycles. The lowest BCUT2D eigenvalue weighted by atomic mass is 10.1. The summed E-state index contributed by atoms with van der Waals surface area (Å²) in [7, 11) is 0. The van der Waals surface area contributed by atoms with Crippen LogP contribution in [0.25, 0.3) is 6.08 Å². The summed E-state index contributed by atoms with van der Waals surface area (Å²) < 4.78 is 0.699. The van der Waals surface area contributed by atoms with E-state index < -0.39 is 11.8 Å². The van der Waals surface area contributed by atoms with E-state index >= 15 is 0 Å². The first-order valence-corrected chi connectivity index (χ1v) is 7.00. The topological polar surface area (TPSA) is 82.9 Å². The van der Waals surface area contributed by atoms with Gasteiger partial charge in [0.05, 0.1) is 12.1 Å². The van der Waals surface area contributed by atoms with E-state index in [4.69, 9.17) is 0 Å². The third kappa shape index (κ3) is 4.09. The Morgan fingerprint density at radius 3 is 2.76 bits per heavy atom. The van der Waals surface area contributed by atoms with Crippen molar-refractivity contribution in [2.24, 2.45) is 16.1 Å². The Balaban J connectivity index is 1.92. The zero-order chi connectivity index (χ0) is 15.2. The van der Waals surface area contributed by atoms with Crippen molar-refractivity contribution in [3.8, 4) is 0 Å². The van der Waals surface area contributed by atoms with Gasteiger partial charge in [-0.3, -0.25) is 9.59 Å². The summed E-state index contributed by atoms with van der Waals surface area (Å²) in [4.78, 5) is 23.0. The molecule has 6 nitrogen and oxygen atoms in total. The van der Waals surface area contributed by atoms with Gasteiger partial charge in [-0.25, -0.2) is 10.9 Å². The fourth-order valence-corrected chi connectivity index (χ4v) is 2.00. The first-order valence-electron chi connectivity index (χ1n) is 6.21. The van der Waals surface area contributed by atoms with Gasteiger partial charge in [0.25, 0.3) is 5.91 Å². The maximum absolute atomic E-state index is 11.8. The molecular formula is C14H13BrN4O2. The van der Waals surface area contributed by atoms with Gasteiger partial charge in [0.15, 0.2) is 0 Å². The molecule has 7 heteroatoms. The van der Waals surface area contributed by atoms with Crippen LogP contribution < -0.4 is 10.9 Å². The summed E-state index contributed by atoms with van der Waals surface area (Å²) in [5, 5.41) is 7.48. The zero-order valence-electron chi connectivity index (χ0n) is 11.2. The molecule has 21 heavy (non-hydrogen) atoms. The molecule has 1 aliphatic heterocycles. The highest BCUT2D eigenvalue weighted by Crippen LogP contribution is 2.10. The van der Waals surface area contributed by atoms with E-state index in [2.05, 4.69) is 37.0 Å². The zero-order valence-corrected chi connectivity index (χ0v) is 12.8. The predicted octanol–water partition coefficient (Wildman–Crippen LogP) is 1.65. The van der Waals surface area contributed by atoms with E-state index in [1.54, 1.807) is 6.92 Å². The van der Waals surface area contributed by atoms with Gasteiger partial charge in [-0.1, -0.05) is 30.3 Å². The molecule has 0 saturated heterocycles. The van der Waals surface area contributed by atoms with Crippen molar-refractivity contribution in [3.05, 3.63) is 40.4 Å². The SMILES string of the molecule is CC1C(=O)NN=C1C(=O)N/N=C\C(Br)=C\c1ccccc1. The minimum absolute atomic E-state index is 0.125. The molecule has 1 aliphatic rings. The number of benzene rings is 1. The molecule has 0 spiro atoms. The number of hydrogen-bond donors (Lipinski definition) is 2. The Labute approximate surface area is 130 Å². The number of hydrogen-bond acceptors (Lipinski definition) is 4. The fourth-order valence-electron chi connectivity index (χ4n) is 1.64. The maximum atomic E-state index is 11.8. The predicted molar refractivity (Wildman–Crippen MR) is 84.7 cm³/mol. The van der Waals surface area contributed by atoms with Crippen LogP contribution in [-0.2, 0) is 9.59 Å². The second kappa shape index (κ2) is 6.94. The highest BCUT2D eigenvalue weighted by atomic mass is 79.9. The van der Waals surface area contributed by atoms with Crippen LogP contribution in [0.15, 0.2) is 45.0 Å². The molecule has 0 radical (unpaired) electrons. The van der Waals surface area contributed by atoms with Crippen LogP contribution in [0.3, 0.4) is 0 Å². The molecule has 108 valence electrons. The molecule has 0 fully saturated rings. The second-order valence-corrected chi connectivity index (χ2v) is 5.25. The Hall–Kier alpha value is -2.28. The largest absolute Gasteiger partial charge is 0.288 e. The number of amides is 2. The monoisotopic (exact) mass is 348 g/mol. The van der Waals surface area contributed by atoms with Gasteiger partial charge >= 0.3 is 0 Å². The van der Waals surface area contributed by atoms with Gasteiger partial charge in [-0.15, -0.1) is 0 Å². The van der Waals surface area contributed by atoms with Crippen LogP contribution in [0.4, 0.5) is 0 Å². The molecule has 1 unspecified atom stereocenters. The number of hydrazone groups is 2. The summed E-state index contributed by atoms with van der Waals surface area (Å²) in [5.74, 6) is -1.37. The van der Waals surface area contributed by atoms with E-state index in [0.717, 1.165) is 5.56 Å². The molecular weight excluding hydrogens is 336 g/mol. The van der Waals surface area contributed by atoms with Gasteiger partial charge in [0.1, 0.15) is 5.71 Å². The summed E-state index contributed by atoms with van der Waals surface area (Å²) >= 11 is 3.33. The van der Waals surface area contributed by atoms with Crippen LogP contribution >= 0.6 is 15.9 Å². The first-order chi connectivity index (χ1) is 10.1. The summed E-state index contributed by atoms with van der Waals surface area (Å²) in [6.45, 7) is 1.61. The Bertz CT molecular complexity index is 638. The van der Waals surface area contributed by atoms with E-state index in [1.807, 2.05) is 36.4 Å². The number of carbonyl (C=O) groups is 2. The summed E-state index contributed by atoms with van der Waals surface area (Å²) in [6, 6.07) is 9.67. The van der Waals surface area contributed by atoms with Crippen molar-refractivity contribution in [1.29, 1.82) is 0 Å². The number of halogens is 1. The van der Waals surface area contributed by atoms with Crippen molar-refractivity contribution in [2.45, 2.75) is 6.92 Å². The molecule has 2 N–H and O–H groups in total. The third-order valence-electron chi connectivity index (χ3n) is 2.78. The van der Waals surface area contributed by atoms with Gasteiger partial charge < -0.3 is 0 Å². The van der Waals surface area contributed by atoms with E-state index in [1.165, 1.54) is 6.21 Å². The molecule has 1 heterocycles. The lowest BCUT2D eigenvalue weighted by Crippen LogP contribution is -2.32. The molecule has 1 atom stereocenters. The van der Waals surface area contributed by atoms with Crippen molar-refractivity contribution < 1.29 is 9.59 Å². The molecule has 1 aromatic carbocycles. The lowest BCUT2D eigenvalue weighted by molar-refractivity contribution is -0.122. The van der Waals surface area contributed by atoms with Gasteiger partial charge in [0, 0.05) is 4.48 Å². The number of rotatable bonds is 4. The molecule has 0 bridgehead atoms. The number of nitrogens with one attached hydrogen (secondary N) is 2. The average molecular weight is 349 g/mol. The maximum Gasteiger partial charge on any atom is 0.288 e. The van der Waals surface area contributed by atoms with Crippen molar-refractivity contribution >= 4 is 45.7 Å². The highest BCUT2D eigenvalue weighted by molar-refractivity contribution is 9.12. The Morgan fingerprint density at radius 2 is 2.14 bits per heavy atom. The van der Waals surface area contributed by atoms with Crippen LogP contribution in [0.5, 0.6) is 0 Å². The molecule has 2 amide bonds. The van der Waals surface area contributed by atoms with Gasteiger partial charge in [-0.2, -0.15) is 10.2 Å². The second-order valence-electron chi connectivity index (χ2n) is 4.33. The van der Waals surface area contributed by atoms with E-state index in [0.29, 0.717) is 4.48 Å². The van der Waals surface area contributed by atoms with Crippen molar-refractivity contribution in [1.82, 2.24) is 10.9 Å². The number of allylic oxidation sites excluding steroid dienone is 1. The van der Waals surface area contributed by atoms with E-state index in [9.17, 15) is 9.59 Å². The van der Waals surface area contributed by atoms with Crippen LogP contribution in [0.2, 0.25) is 0 Å². The minimum atomic E-state index is -0.566. The minimum Gasteiger partial charge on any atom is -0.272 e. The van der Waals surface area contributed by atoms with Crippen LogP contribution in [0, 0.1) is 5.92 Å². The van der Waals surface area contributed by atoms with E-state index in [-0.39, 0.29) is 11.6 Å². The fraction of sp³-hybridized carbons (Fsp3) is 0.143. The van der Waals surface area contributed by atoms with Crippen LogP contribution in [-0.4, -0.2) is 23.7 Å². The third-order valence-corrected chi connectivity index (χ3v) is 3.21. The normalized spacial score (nSPS) is 18.6. The molecule has 2 rings (SSSR count). The van der Waals surface area contributed by atoms with Crippen molar-refractivity contribution in [3.63, 3.8) is 0 Å². The summed E-state index contributed by atoms with van der Waals surface area (Å²) in [6.07, 6.45) is 3.32. The number of nitrogens with zero attached hydrogens (tertiary/aromatic N) is 2. The standard InChI is InChI=1S/C14H13BrN4O2/c1-9-12(17-19-13(9)20)14(21)18-16-8-11(15)7-10-5-3-2-4-6-10/h2-9H,1H3,(H,18,21)(H,19,20)/b11-7-,16-8-. The Morgan fingerprint density at radius 1 is 1.43 bits per heavy atom. The van der Waals surface area contributed by atoms with Gasteiger partial charge in [-0.05, 0) is 34.5 Å². The first kappa shape index (κ1) is 15.1. The smallest absolute Gasteiger partial charge is 0.272 e. The highest BCUT2D eigenvalue weighted by Gasteiger charge is 2.30. The lowest BCUT2D eigenvalue weighted by Gasteiger charge is -2.01.